The van der Waals surface area contributed by atoms with Gasteiger partial charge in [-0.25, -0.2) is 4.39 Å². The number of likely N-dealkylation sites (N-methyl/N-ethyl adjacent to an activating group) is 1. The molecule has 3 nitrogen and oxygen atoms in total. The summed E-state index contributed by atoms with van der Waals surface area (Å²) >= 11 is 5.82. The van der Waals surface area contributed by atoms with E-state index in [1.54, 1.807) is 24.1 Å². The molecule has 1 heterocycles. The molecule has 5 heteroatoms. The Morgan fingerprint density at radius 2 is 1.86 bits per heavy atom. The van der Waals surface area contributed by atoms with Gasteiger partial charge in [0.25, 0.3) is 5.91 Å². The molecule has 0 spiro atoms. The second-order valence-electron chi connectivity index (χ2n) is 4.92. The fraction of sp³-hybridized carbons (Fsp3) is 0.188. The SMILES string of the molecule is CN1C(=O)COCc2cc(-c3ccc(F)c(Cl)c3)ccc21. The number of nitrogens with zero attached hydrogens (tertiary/aromatic N) is 1. The molecule has 0 atom stereocenters. The Morgan fingerprint density at radius 1 is 1.14 bits per heavy atom. The number of carbonyl (C=O) groups excluding carboxylic acids is 1. The maximum Gasteiger partial charge on any atom is 0.252 e. The van der Waals surface area contributed by atoms with Crippen LogP contribution in [-0.4, -0.2) is 19.6 Å². The Bertz CT molecular complexity index is 717. The molecule has 0 aliphatic carbocycles. The topological polar surface area (TPSA) is 29.5 Å². The Labute approximate surface area is 126 Å². The zero-order valence-corrected chi connectivity index (χ0v) is 12.2. The first kappa shape index (κ1) is 14.0. The first-order valence-corrected chi connectivity index (χ1v) is 6.87. The van der Waals surface area contributed by atoms with E-state index in [9.17, 15) is 9.18 Å². The van der Waals surface area contributed by atoms with E-state index in [4.69, 9.17) is 16.3 Å². The van der Waals surface area contributed by atoms with Gasteiger partial charge in [-0.2, -0.15) is 0 Å². The van der Waals surface area contributed by atoms with Crippen LogP contribution in [0.4, 0.5) is 10.1 Å². The Hall–Kier alpha value is -1.91. The minimum absolute atomic E-state index is 0.0723. The van der Waals surface area contributed by atoms with Crippen molar-refractivity contribution in [2.75, 3.05) is 18.6 Å². The summed E-state index contributed by atoms with van der Waals surface area (Å²) in [5.41, 5.74) is 3.47. The molecule has 0 bridgehead atoms. The van der Waals surface area contributed by atoms with E-state index < -0.39 is 5.82 Å². The Balaban J connectivity index is 2.04. The van der Waals surface area contributed by atoms with Gasteiger partial charge in [0.15, 0.2) is 0 Å². The summed E-state index contributed by atoms with van der Waals surface area (Å²) in [6, 6.07) is 10.3. The van der Waals surface area contributed by atoms with Crippen LogP contribution in [0.5, 0.6) is 0 Å². The second-order valence-corrected chi connectivity index (χ2v) is 5.33. The van der Waals surface area contributed by atoms with Gasteiger partial charge < -0.3 is 9.64 Å². The van der Waals surface area contributed by atoms with E-state index in [1.165, 1.54) is 6.07 Å². The summed E-state index contributed by atoms with van der Waals surface area (Å²) in [4.78, 5) is 13.3. The van der Waals surface area contributed by atoms with Crippen molar-refractivity contribution in [3.8, 4) is 11.1 Å². The van der Waals surface area contributed by atoms with Crippen LogP contribution in [0, 0.1) is 5.82 Å². The van der Waals surface area contributed by atoms with Crippen LogP contribution in [0.15, 0.2) is 36.4 Å². The van der Waals surface area contributed by atoms with Gasteiger partial charge in [0.05, 0.1) is 11.6 Å². The predicted molar refractivity (Wildman–Crippen MR) is 79.9 cm³/mol. The van der Waals surface area contributed by atoms with E-state index in [1.807, 2.05) is 18.2 Å². The number of anilines is 1. The van der Waals surface area contributed by atoms with Gasteiger partial charge in [-0.1, -0.05) is 23.7 Å². The molecule has 1 amide bonds. The molecule has 21 heavy (non-hydrogen) atoms. The fourth-order valence-electron chi connectivity index (χ4n) is 2.36. The number of fused-ring (bicyclic) bond motifs is 1. The minimum Gasteiger partial charge on any atom is -0.367 e. The summed E-state index contributed by atoms with van der Waals surface area (Å²) in [6.07, 6.45) is 0. The highest BCUT2D eigenvalue weighted by Crippen LogP contribution is 2.31. The number of benzene rings is 2. The monoisotopic (exact) mass is 305 g/mol. The third-order valence-corrected chi connectivity index (χ3v) is 3.84. The highest BCUT2D eigenvalue weighted by molar-refractivity contribution is 6.31. The molecular weight excluding hydrogens is 293 g/mol. The van der Waals surface area contributed by atoms with Gasteiger partial charge >= 0.3 is 0 Å². The van der Waals surface area contributed by atoms with Crippen LogP contribution in [0.2, 0.25) is 5.02 Å². The van der Waals surface area contributed by atoms with Crippen LogP contribution in [0.25, 0.3) is 11.1 Å². The highest BCUT2D eigenvalue weighted by Gasteiger charge is 2.19. The lowest BCUT2D eigenvalue weighted by molar-refractivity contribution is -0.122. The molecule has 108 valence electrons. The predicted octanol–water partition coefficient (Wildman–Crippen LogP) is 3.64. The number of hydrogen-bond acceptors (Lipinski definition) is 2. The Kier molecular flexibility index (Phi) is 3.66. The molecule has 2 aromatic carbocycles. The van der Waals surface area contributed by atoms with E-state index in [-0.39, 0.29) is 17.5 Å². The summed E-state index contributed by atoms with van der Waals surface area (Å²) in [5.74, 6) is -0.518. The van der Waals surface area contributed by atoms with Crippen molar-refractivity contribution in [3.63, 3.8) is 0 Å². The number of ether oxygens (including phenoxy) is 1. The summed E-state index contributed by atoms with van der Waals surface area (Å²) in [7, 11) is 1.73. The van der Waals surface area contributed by atoms with Crippen molar-refractivity contribution in [2.24, 2.45) is 0 Å². The molecule has 0 radical (unpaired) electrons. The van der Waals surface area contributed by atoms with Gasteiger partial charge in [-0.15, -0.1) is 0 Å². The van der Waals surface area contributed by atoms with E-state index in [2.05, 4.69) is 0 Å². The van der Waals surface area contributed by atoms with Crippen molar-refractivity contribution in [3.05, 3.63) is 52.8 Å². The van der Waals surface area contributed by atoms with Gasteiger partial charge in [-0.3, -0.25) is 4.79 Å². The lowest BCUT2D eigenvalue weighted by Gasteiger charge is -2.17. The third kappa shape index (κ3) is 2.64. The molecule has 0 saturated carbocycles. The van der Waals surface area contributed by atoms with Crippen molar-refractivity contribution in [1.82, 2.24) is 0 Å². The fourth-order valence-corrected chi connectivity index (χ4v) is 2.54. The lowest BCUT2D eigenvalue weighted by atomic mass is 10.0. The largest absolute Gasteiger partial charge is 0.367 e. The number of carbonyl (C=O) groups is 1. The first-order chi connectivity index (χ1) is 10.1. The number of halogens is 2. The van der Waals surface area contributed by atoms with Crippen LogP contribution in [0.3, 0.4) is 0 Å². The van der Waals surface area contributed by atoms with E-state index in [0.717, 1.165) is 22.4 Å². The molecule has 0 fully saturated rings. The van der Waals surface area contributed by atoms with Gasteiger partial charge in [0, 0.05) is 18.3 Å². The molecule has 1 aliphatic rings. The van der Waals surface area contributed by atoms with Crippen LogP contribution in [0.1, 0.15) is 5.56 Å². The van der Waals surface area contributed by atoms with Crippen molar-refractivity contribution in [2.45, 2.75) is 6.61 Å². The van der Waals surface area contributed by atoms with Gasteiger partial charge in [-0.05, 0) is 35.4 Å². The van der Waals surface area contributed by atoms with Crippen LogP contribution >= 0.6 is 11.6 Å². The molecule has 3 rings (SSSR count). The molecular formula is C16H13ClFNO2. The van der Waals surface area contributed by atoms with E-state index >= 15 is 0 Å². The number of hydrogen-bond donors (Lipinski definition) is 0. The maximum absolute atomic E-state index is 13.2. The average molecular weight is 306 g/mol. The molecule has 0 aromatic heterocycles. The molecule has 2 aromatic rings. The normalized spacial score (nSPS) is 14.8. The van der Waals surface area contributed by atoms with Crippen molar-refractivity contribution in [1.29, 1.82) is 0 Å². The standard InChI is InChI=1S/C16H13ClFNO2/c1-19-15-5-3-10(6-12(15)8-21-9-16(19)20)11-2-4-14(18)13(17)7-11/h2-7H,8-9H2,1H3. The number of amides is 1. The maximum atomic E-state index is 13.2. The Morgan fingerprint density at radius 3 is 2.62 bits per heavy atom. The molecule has 0 N–H and O–H groups in total. The average Bonchev–Trinajstić information content (AvgIpc) is 2.62. The van der Waals surface area contributed by atoms with Crippen LogP contribution < -0.4 is 4.90 Å². The van der Waals surface area contributed by atoms with Gasteiger partial charge in [0.2, 0.25) is 0 Å². The quantitative estimate of drug-likeness (QED) is 0.805. The van der Waals surface area contributed by atoms with Crippen molar-refractivity contribution < 1.29 is 13.9 Å². The number of rotatable bonds is 1. The summed E-state index contributed by atoms with van der Waals surface area (Å²) in [5, 5.41) is 0.0889. The summed E-state index contributed by atoms with van der Waals surface area (Å²) < 4.78 is 18.6. The van der Waals surface area contributed by atoms with Gasteiger partial charge in [0.1, 0.15) is 12.4 Å². The van der Waals surface area contributed by atoms with Crippen LogP contribution in [-0.2, 0) is 16.1 Å². The molecule has 1 aliphatic heterocycles. The molecule has 0 saturated heterocycles. The minimum atomic E-state index is -0.441. The molecule has 0 unspecified atom stereocenters. The third-order valence-electron chi connectivity index (χ3n) is 3.55. The second kappa shape index (κ2) is 5.47. The van der Waals surface area contributed by atoms with Crippen molar-refractivity contribution >= 4 is 23.2 Å². The smallest absolute Gasteiger partial charge is 0.252 e. The zero-order chi connectivity index (χ0) is 15.0. The highest BCUT2D eigenvalue weighted by atomic mass is 35.5. The van der Waals surface area contributed by atoms with E-state index in [0.29, 0.717) is 6.61 Å². The lowest BCUT2D eigenvalue weighted by Crippen LogP contribution is -2.28. The summed E-state index contributed by atoms with van der Waals surface area (Å²) in [6.45, 7) is 0.442. The zero-order valence-electron chi connectivity index (χ0n) is 11.4. The first-order valence-electron chi connectivity index (χ1n) is 6.49.